The summed E-state index contributed by atoms with van der Waals surface area (Å²) in [5, 5.41) is 2.93. The van der Waals surface area contributed by atoms with E-state index in [0.717, 1.165) is 22.6 Å². The Balaban J connectivity index is 1.69. The second-order valence-corrected chi connectivity index (χ2v) is 7.35. The van der Waals surface area contributed by atoms with Gasteiger partial charge in [0.25, 0.3) is 0 Å². The van der Waals surface area contributed by atoms with Gasteiger partial charge in [-0.2, -0.15) is 0 Å². The summed E-state index contributed by atoms with van der Waals surface area (Å²) in [6, 6.07) is 15.4. The maximum atomic E-state index is 12.5. The molecule has 0 heterocycles. The van der Waals surface area contributed by atoms with E-state index in [9.17, 15) is 9.59 Å². The zero-order chi connectivity index (χ0) is 21.9. The van der Waals surface area contributed by atoms with Crippen LogP contribution < -0.4 is 14.8 Å². The molecule has 6 nitrogen and oxygen atoms in total. The van der Waals surface area contributed by atoms with Crippen molar-refractivity contribution in [1.82, 2.24) is 10.2 Å². The predicted molar refractivity (Wildman–Crippen MR) is 118 cm³/mol. The average molecular weight is 413 g/mol. The number of ether oxygens (including phenoxy) is 2. The zero-order valence-electron chi connectivity index (χ0n) is 18.3. The number of hydrogen-bond acceptors (Lipinski definition) is 4. The van der Waals surface area contributed by atoms with Gasteiger partial charge in [-0.15, -0.1) is 0 Å². The fraction of sp³-hybridized carbons (Fsp3) is 0.417. The standard InChI is InChI=1S/C24H32N2O4/c1-18(17-25-23(27)15-9-19-5-11-21(29-3)12-6-19)26(2)24(28)16-10-20-7-13-22(30-4)14-8-20/h5-8,11-14,18H,9-10,15-17H2,1-4H3,(H,25,27)/t18-/m1/s1. The Morgan fingerprint density at radius 2 is 1.33 bits per heavy atom. The van der Waals surface area contributed by atoms with Crippen LogP contribution in [0.4, 0.5) is 0 Å². The van der Waals surface area contributed by atoms with Crippen molar-refractivity contribution in [1.29, 1.82) is 0 Å². The average Bonchev–Trinajstić information content (AvgIpc) is 2.79. The number of carbonyl (C=O) groups excluding carboxylic acids is 2. The third-order valence-electron chi connectivity index (χ3n) is 5.24. The molecule has 6 heteroatoms. The molecule has 30 heavy (non-hydrogen) atoms. The van der Waals surface area contributed by atoms with Crippen molar-refractivity contribution >= 4 is 11.8 Å². The highest BCUT2D eigenvalue weighted by Gasteiger charge is 2.16. The summed E-state index contributed by atoms with van der Waals surface area (Å²) in [5.41, 5.74) is 2.18. The minimum atomic E-state index is -0.0710. The molecule has 0 bridgehead atoms. The highest BCUT2D eigenvalue weighted by molar-refractivity contribution is 5.77. The maximum absolute atomic E-state index is 12.5. The van der Waals surface area contributed by atoms with Gasteiger partial charge in [-0.05, 0) is 55.2 Å². The van der Waals surface area contributed by atoms with E-state index in [-0.39, 0.29) is 17.9 Å². The number of benzene rings is 2. The predicted octanol–water partition coefficient (Wildman–Crippen LogP) is 3.23. The van der Waals surface area contributed by atoms with Gasteiger partial charge in [0.05, 0.1) is 14.2 Å². The van der Waals surface area contributed by atoms with Gasteiger partial charge < -0.3 is 19.7 Å². The third-order valence-corrected chi connectivity index (χ3v) is 5.24. The van der Waals surface area contributed by atoms with Crippen LogP contribution in [-0.4, -0.2) is 50.6 Å². The number of methoxy groups -OCH3 is 2. The van der Waals surface area contributed by atoms with Crippen molar-refractivity contribution < 1.29 is 19.1 Å². The minimum absolute atomic E-state index is 0.0169. The lowest BCUT2D eigenvalue weighted by Gasteiger charge is -2.25. The first kappa shape index (κ1) is 23.3. The minimum Gasteiger partial charge on any atom is -0.497 e. The SMILES string of the molecule is COc1ccc(CCC(=O)NC[C@@H](C)N(C)C(=O)CCc2ccc(OC)cc2)cc1. The van der Waals surface area contributed by atoms with Crippen LogP contribution in [0.5, 0.6) is 11.5 Å². The summed E-state index contributed by atoms with van der Waals surface area (Å²) in [4.78, 5) is 26.3. The van der Waals surface area contributed by atoms with Crippen LogP contribution in [-0.2, 0) is 22.4 Å². The molecule has 2 aromatic rings. The van der Waals surface area contributed by atoms with E-state index in [1.54, 1.807) is 26.2 Å². The fourth-order valence-electron chi connectivity index (χ4n) is 3.00. The van der Waals surface area contributed by atoms with E-state index in [4.69, 9.17) is 9.47 Å². The van der Waals surface area contributed by atoms with E-state index in [2.05, 4.69) is 5.32 Å². The number of carbonyl (C=O) groups is 2. The van der Waals surface area contributed by atoms with Gasteiger partial charge in [0, 0.05) is 32.5 Å². The normalized spacial score (nSPS) is 11.5. The Hall–Kier alpha value is -3.02. The van der Waals surface area contributed by atoms with E-state index < -0.39 is 0 Å². The number of rotatable bonds is 11. The van der Waals surface area contributed by atoms with E-state index in [1.165, 1.54) is 0 Å². The fourth-order valence-corrected chi connectivity index (χ4v) is 3.00. The first-order valence-electron chi connectivity index (χ1n) is 10.2. The topological polar surface area (TPSA) is 67.9 Å². The number of amides is 2. The number of nitrogens with zero attached hydrogens (tertiary/aromatic N) is 1. The molecule has 0 spiro atoms. The lowest BCUT2D eigenvalue weighted by atomic mass is 10.1. The molecule has 1 N–H and O–H groups in total. The lowest BCUT2D eigenvalue weighted by Crippen LogP contribution is -2.43. The summed E-state index contributed by atoms with van der Waals surface area (Å²) < 4.78 is 10.3. The van der Waals surface area contributed by atoms with Crippen LogP contribution in [0.2, 0.25) is 0 Å². The molecule has 1 atom stereocenters. The van der Waals surface area contributed by atoms with E-state index >= 15 is 0 Å². The summed E-state index contributed by atoms with van der Waals surface area (Å²) in [6.45, 7) is 2.38. The number of nitrogens with one attached hydrogen (secondary N) is 1. The molecule has 0 aliphatic carbocycles. The molecule has 0 radical (unpaired) electrons. The first-order valence-corrected chi connectivity index (χ1v) is 10.2. The molecule has 0 aliphatic heterocycles. The van der Waals surface area contributed by atoms with E-state index in [0.29, 0.717) is 32.2 Å². The van der Waals surface area contributed by atoms with Gasteiger partial charge in [-0.3, -0.25) is 9.59 Å². The van der Waals surface area contributed by atoms with Crippen LogP contribution >= 0.6 is 0 Å². The van der Waals surface area contributed by atoms with Gasteiger partial charge in [-0.1, -0.05) is 24.3 Å². The van der Waals surface area contributed by atoms with Crippen molar-refractivity contribution in [2.45, 2.75) is 38.6 Å². The van der Waals surface area contributed by atoms with Gasteiger partial charge in [0.2, 0.25) is 11.8 Å². The van der Waals surface area contributed by atoms with Crippen molar-refractivity contribution in [3.8, 4) is 11.5 Å². The first-order chi connectivity index (χ1) is 14.4. The molecule has 2 aromatic carbocycles. The summed E-state index contributed by atoms with van der Waals surface area (Å²) in [5.74, 6) is 1.65. The summed E-state index contributed by atoms with van der Waals surface area (Å²) >= 11 is 0. The van der Waals surface area contributed by atoms with Crippen LogP contribution in [0.15, 0.2) is 48.5 Å². The lowest BCUT2D eigenvalue weighted by molar-refractivity contribution is -0.132. The van der Waals surface area contributed by atoms with Gasteiger partial charge in [0.1, 0.15) is 11.5 Å². The van der Waals surface area contributed by atoms with Crippen LogP contribution in [0.25, 0.3) is 0 Å². The Kier molecular flexibility index (Phi) is 9.19. The Bertz CT molecular complexity index is 803. The molecule has 0 aliphatic rings. The molecular formula is C24H32N2O4. The molecular weight excluding hydrogens is 380 g/mol. The van der Waals surface area contributed by atoms with Crippen LogP contribution in [0.3, 0.4) is 0 Å². The highest BCUT2D eigenvalue weighted by Crippen LogP contribution is 2.14. The van der Waals surface area contributed by atoms with Crippen LogP contribution in [0.1, 0.15) is 30.9 Å². The maximum Gasteiger partial charge on any atom is 0.222 e. The second kappa shape index (κ2) is 11.9. The van der Waals surface area contributed by atoms with E-state index in [1.807, 2.05) is 55.5 Å². The Morgan fingerprint density at radius 3 is 1.80 bits per heavy atom. The Morgan fingerprint density at radius 1 is 0.867 bits per heavy atom. The van der Waals surface area contributed by atoms with Crippen molar-refractivity contribution in [3.05, 3.63) is 59.7 Å². The number of hydrogen-bond donors (Lipinski definition) is 1. The monoisotopic (exact) mass is 412 g/mol. The van der Waals surface area contributed by atoms with Gasteiger partial charge >= 0.3 is 0 Å². The molecule has 0 fully saturated rings. The molecule has 2 rings (SSSR count). The molecule has 0 saturated carbocycles. The van der Waals surface area contributed by atoms with Crippen molar-refractivity contribution in [2.24, 2.45) is 0 Å². The zero-order valence-corrected chi connectivity index (χ0v) is 18.3. The molecule has 2 amide bonds. The molecule has 0 saturated heterocycles. The highest BCUT2D eigenvalue weighted by atomic mass is 16.5. The third kappa shape index (κ3) is 7.43. The van der Waals surface area contributed by atoms with Gasteiger partial charge in [0.15, 0.2) is 0 Å². The van der Waals surface area contributed by atoms with Crippen molar-refractivity contribution in [2.75, 3.05) is 27.8 Å². The molecule has 162 valence electrons. The quantitative estimate of drug-likeness (QED) is 0.615. The summed E-state index contributed by atoms with van der Waals surface area (Å²) in [7, 11) is 5.04. The van der Waals surface area contributed by atoms with Crippen LogP contribution in [0, 0.1) is 0 Å². The summed E-state index contributed by atoms with van der Waals surface area (Å²) in [6.07, 6.45) is 2.18. The van der Waals surface area contributed by atoms with Gasteiger partial charge in [-0.25, -0.2) is 0 Å². The molecule has 0 aromatic heterocycles. The number of aryl methyl sites for hydroxylation is 2. The number of likely N-dealkylation sites (N-methyl/N-ethyl adjacent to an activating group) is 1. The largest absolute Gasteiger partial charge is 0.497 e. The van der Waals surface area contributed by atoms with Crippen molar-refractivity contribution in [3.63, 3.8) is 0 Å². The second-order valence-electron chi connectivity index (χ2n) is 7.35. The smallest absolute Gasteiger partial charge is 0.222 e. The molecule has 0 unspecified atom stereocenters. The Labute approximate surface area is 179 Å².